The van der Waals surface area contributed by atoms with Crippen molar-refractivity contribution in [2.75, 3.05) is 23.9 Å². The first-order valence-corrected chi connectivity index (χ1v) is 15.9. The van der Waals surface area contributed by atoms with E-state index in [1.165, 1.54) is 87.1 Å². The molecule has 1 fully saturated rings. The lowest BCUT2D eigenvalue weighted by Gasteiger charge is -2.21. The second-order valence-corrected chi connectivity index (χ2v) is 12.2. The minimum absolute atomic E-state index is 0.00645. The van der Waals surface area contributed by atoms with Crippen molar-refractivity contribution in [2.45, 2.75) is 103 Å². The van der Waals surface area contributed by atoms with Crippen LogP contribution in [0.15, 0.2) is 48.5 Å². The first kappa shape index (κ1) is 34.4. The normalized spacial score (nSPS) is 18.0. The van der Waals surface area contributed by atoms with Gasteiger partial charge in [-0.1, -0.05) is 94.7 Å². The maximum atomic E-state index is 14.0. The van der Waals surface area contributed by atoms with Crippen LogP contribution in [0.5, 0.6) is 6.01 Å². The Kier molecular flexibility index (Phi) is 12.0. The van der Waals surface area contributed by atoms with E-state index in [0.717, 1.165) is 31.2 Å². The Bertz CT molecular complexity index is 1360. The molecule has 1 heterocycles. The van der Waals surface area contributed by atoms with Gasteiger partial charge < -0.3 is 15.0 Å². The lowest BCUT2D eigenvalue weighted by Crippen LogP contribution is -2.22. The standard InChI is InChI=1S/C34H44F5N5O/c1-4-5-11-24-12-6-7-15-26(16-8-13-24)27-17-9-14-25(20-27)22-40-30-41-31(43-32(42-30)45-23-34(37,38)39)44(3)29-19-10-18-28(21-29)33(2,35)36/h9-10,14,17-21,24,26H,4-8,11-13,15-16,22-23H2,1-3H3,(H,40,41,42,43). The summed E-state index contributed by atoms with van der Waals surface area (Å²) >= 11 is 0. The molecule has 0 spiro atoms. The second kappa shape index (κ2) is 15.7. The number of unbranched alkanes of at least 4 members (excludes halogenated alkanes) is 1. The molecule has 6 nitrogen and oxygen atoms in total. The first-order valence-electron chi connectivity index (χ1n) is 15.9. The molecular formula is C34H44F5N5O. The van der Waals surface area contributed by atoms with Gasteiger partial charge in [-0.25, -0.2) is 8.78 Å². The molecule has 0 aliphatic heterocycles. The highest BCUT2D eigenvalue weighted by Gasteiger charge is 2.30. The molecule has 2 aromatic carbocycles. The Balaban J connectivity index is 1.50. The maximum Gasteiger partial charge on any atom is 0.422 e. The van der Waals surface area contributed by atoms with Crippen LogP contribution in [0, 0.1) is 5.92 Å². The highest BCUT2D eigenvalue weighted by molar-refractivity contribution is 5.58. The number of halogens is 5. The smallest absolute Gasteiger partial charge is 0.422 e. The number of nitrogens with one attached hydrogen (secondary N) is 1. The SMILES string of the molecule is CCCCC1CCCCC(c2cccc(CNc3nc(OCC(F)(F)F)nc(N(C)c4cccc(C(C)(F)F)c4)n3)c2)CCC1. The van der Waals surface area contributed by atoms with Crippen molar-refractivity contribution in [2.24, 2.45) is 5.92 Å². The molecule has 2 unspecified atom stereocenters. The summed E-state index contributed by atoms with van der Waals surface area (Å²) in [4.78, 5) is 13.9. The van der Waals surface area contributed by atoms with Crippen LogP contribution in [0.3, 0.4) is 0 Å². The van der Waals surface area contributed by atoms with Gasteiger partial charge in [-0.2, -0.15) is 28.1 Å². The number of aromatic nitrogens is 3. The van der Waals surface area contributed by atoms with E-state index in [4.69, 9.17) is 4.74 Å². The fraction of sp³-hybridized carbons (Fsp3) is 0.559. The molecule has 11 heteroatoms. The number of hydrogen-bond acceptors (Lipinski definition) is 6. The molecule has 0 amide bonds. The van der Waals surface area contributed by atoms with Crippen LogP contribution in [0.1, 0.15) is 101 Å². The Labute approximate surface area is 262 Å². The number of benzene rings is 2. The quantitative estimate of drug-likeness (QED) is 0.200. The van der Waals surface area contributed by atoms with Crippen LogP contribution in [-0.4, -0.2) is 34.8 Å². The topological polar surface area (TPSA) is 63.2 Å². The lowest BCUT2D eigenvalue weighted by atomic mass is 9.88. The van der Waals surface area contributed by atoms with Gasteiger partial charge in [0.15, 0.2) is 6.61 Å². The van der Waals surface area contributed by atoms with Crippen LogP contribution < -0.4 is 15.0 Å². The number of hydrogen-bond donors (Lipinski definition) is 1. The van der Waals surface area contributed by atoms with Crippen molar-refractivity contribution in [1.29, 1.82) is 0 Å². The molecule has 1 saturated carbocycles. The van der Waals surface area contributed by atoms with Crippen molar-refractivity contribution in [3.05, 3.63) is 65.2 Å². The zero-order valence-corrected chi connectivity index (χ0v) is 26.3. The maximum absolute atomic E-state index is 14.0. The third-order valence-corrected chi connectivity index (χ3v) is 8.43. The molecular weight excluding hydrogens is 589 g/mol. The first-order chi connectivity index (χ1) is 21.4. The summed E-state index contributed by atoms with van der Waals surface area (Å²) in [7, 11) is 1.53. The highest BCUT2D eigenvalue weighted by Crippen LogP contribution is 2.34. The summed E-state index contributed by atoms with van der Waals surface area (Å²) in [5.41, 5.74) is 2.38. The van der Waals surface area contributed by atoms with Gasteiger partial charge in [0.1, 0.15) is 0 Å². The number of nitrogens with zero attached hydrogens (tertiary/aromatic N) is 4. The van der Waals surface area contributed by atoms with Crippen molar-refractivity contribution in [3.63, 3.8) is 0 Å². The lowest BCUT2D eigenvalue weighted by molar-refractivity contribution is -0.154. The Morgan fingerprint density at radius 2 is 1.64 bits per heavy atom. The fourth-order valence-corrected chi connectivity index (χ4v) is 5.91. The van der Waals surface area contributed by atoms with E-state index in [2.05, 4.69) is 39.3 Å². The van der Waals surface area contributed by atoms with Gasteiger partial charge in [0.05, 0.1) is 0 Å². The minimum Gasteiger partial charge on any atom is -0.454 e. The number of ether oxygens (including phenoxy) is 1. The molecule has 4 rings (SSSR count). The van der Waals surface area contributed by atoms with Gasteiger partial charge in [-0.05, 0) is 47.9 Å². The Morgan fingerprint density at radius 3 is 2.40 bits per heavy atom. The van der Waals surface area contributed by atoms with Crippen molar-refractivity contribution in [3.8, 4) is 6.01 Å². The van der Waals surface area contributed by atoms with Gasteiger partial charge in [0.2, 0.25) is 11.9 Å². The Morgan fingerprint density at radius 1 is 0.911 bits per heavy atom. The summed E-state index contributed by atoms with van der Waals surface area (Å²) in [5.74, 6) is -1.81. The minimum atomic E-state index is -4.60. The molecule has 1 N–H and O–H groups in total. The summed E-state index contributed by atoms with van der Waals surface area (Å²) in [5, 5.41) is 3.10. The van der Waals surface area contributed by atoms with E-state index in [0.29, 0.717) is 18.2 Å². The van der Waals surface area contributed by atoms with Gasteiger partial charge in [-0.15, -0.1) is 0 Å². The van der Waals surface area contributed by atoms with Gasteiger partial charge in [0.25, 0.3) is 5.92 Å². The Hall–Kier alpha value is -3.50. The summed E-state index contributed by atoms with van der Waals surface area (Å²) in [6.07, 6.45) is 7.94. The fourth-order valence-electron chi connectivity index (χ4n) is 5.91. The van der Waals surface area contributed by atoms with Crippen LogP contribution in [0.4, 0.5) is 39.5 Å². The highest BCUT2D eigenvalue weighted by atomic mass is 19.4. The van der Waals surface area contributed by atoms with E-state index in [9.17, 15) is 22.0 Å². The predicted molar refractivity (Wildman–Crippen MR) is 167 cm³/mol. The van der Waals surface area contributed by atoms with E-state index >= 15 is 0 Å². The molecule has 246 valence electrons. The second-order valence-electron chi connectivity index (χ2n) is 12.2. The van der Waals surface area contributed by atoms with E-state index in [1.54, 1.807) is 6.07 Å². The number of rotatable bonds is 12. The number of alkyl halides is 5. The summed E-state index contributed by atoms with van der Waals surface area (Å²) in [6.45, 7) is 1.78. The van der Waals surface area contributed by atoms with Crippen molar-refractivity contribution >= 4 is 17.6 Å². The monoisotopic (exact) mass is 633 g/mol. The van der Waals surface area contributed by atoms with Gasteiger partial charge in [0, 0.05) is 31.8 Å². The van der Waals surface area contributed by atoms with E-state index in [-0.39, 0.29) is 17.5 Å². The molecule has 1 aromatic heterocycles. The predicted octanol–water partition coefficient (Wildman–Crippen LogP) is 9.94. The average molecular weight is 634 g/mol. The van der Waals surface area contributed by atoms with E-state index < -0.39 is 24.7 Å². The summed E-state index contributed by atoms with van der Waals surface area (Å²) in [6, 6.07) is 13.5. The molecule has 0 saturated heterocycles. The molecule has 1 aliphatic rings. The molecule has 0 radical (unpaired) electrons. The van der Waals surface area contributed by atoms with Crippen LogP contribution >= 0.6 is 0 Å². The van der Waals surface area contributed by atoms with E-state index in [1.807, 2.05) is 12.1 Å². The third-order valence-electron chi connectivity index (χ3n) is 8.43. The largest absolute Gasteiger partial charge is 0.454 e. The van der Waals surface area contributed by atoms with Gasteiger partial charge >= 0.3 is 12.2 Å². The van der Waals surface area contributed by atoms with Crippen molar-refractivity contribution in [1.82, 2.24) is 15.0 Å². The molecule has 2 atom stereocenters. The van der Waals surface area contributed by atoms with Gasteiger partial charge in [-0.3, -0.25) is 0 Å². The average Bonchev–Trinajstić information content (AvgIpc) is 3.13. The third kappa shape index (κ3) is 10.8. The molecule has 0 bridgehead atoms. The molecule has 3 aromatic rings. The summed E-state index contributed by atoms with van der Waals surface area (Å²) < 4.78 is 71.6. The molecule has 1 aliphatic carbocycles. The number of anilines is 3. The zero-order valence-electron chi connectivity index (χ0n) is 26.3. The van der Waals surface area contributed by atoms with Crippen LogP contribution in [0.25, 0.3) is 0 Å². The van der Waals surface area contributed by atoms with Crippen LogP contribution in [0.2, 0.25) is 0 Å². The molecule has 45 heavy (non-hydrogen) atoms. The zero-order chi connectivity index (χ0) is 32.5. The van der Waals surface area contributed by atoms with Crippen LogP contribution in [-0.2, 0) is 12.5 Å². The van der Waals surface area contributed by atoms with Crippen molar-refractivity contribution < 1.29 is 26.7 Å².